The molecule has 0 atom stereocenters. The summed E-state index contributed by atoms with van der Waals surface area (Å²) in [6, 6.07) is 1.50. The Balaban J connectivity index is 0.00000128. The zero-order valence-electron chi connectivity index (χ0n) is 9.23. The maximum atomic E-state index is 10.9. The summed E-state index contributed by atoms with van der Waals surface area (Å²) in [6.07, 6.45) is 5.00. The van der Waals surface area contributed by atoms with Gasteiger partial charge in [0.2, 0.25) is 0 Å². The average molecular weight is 208 g/mol. The van der Waals surface area contributed by atoms with Crippen molar-refractivity contribution >= 4 is 17.7 Å². The predicted molar refractivity (Wildman–Crippen MR) is 54.4 cm³/mol. The summed E-state index contributed by atoms with van der Waals surface area (Å²) >= 11 is 0. The van der Waals surface area contributed by atoms with Crippen LogP contribution in [0.1, 0.15) is 21.6 Å². The van der Waals surface area contributed by atoms with Gasteiger partial charge in [0.25, 0.3) is 0 Å². The van der Waals surface area contributed by atoms with Crippen LogP contribution in [0.4, 0.5) is 0 Å². The molecule has 0 unspecified atom stereocenters. The Morgan fingerprint density at radius 3 is 2.88 bits per heavy atom. The van der Waals surface area contributed by atoms with E-state index in [1.807, 2.05) is 6.92 Å². The molecule has 2 aromatic heterocycles. The fourth-order valence-electron chi connectivity index (χ4n) is 1.49. The number of aromatic nitrogens is 2. The molecular weight excluding hydrogens is 199 g/mol. The minimum absolute atomic E-state index is 0. The molecule has 0 radical (unpaired) electrons. The van der Waals surface area contributed by atoms with E-state index in [0.29, 0.717) is 5.65 Å². The summed E-state index contributed by atoms with van der Waals surface area (Å²) in [5, 5.41) is 10.9. The van der Waals surface area contributed by atoms with Gasteiger partial charge in [0, 0.05) is 23.7 Å². The van der Waals surface area contributed by atoms with Crippen molar-refractivity contribution in [3.63, 3.8) is 0 Å². The standard InChI is InChI=1S/C11H10N2O2.Li/c1-3-8-4-9(11(14)15)10-12-5-7(2)13(10)6-8;/h3-6H,1H2,2H3,(H,14,15);/q;+1/p-1. The second-order valence-corrected chi connectivity index (χ2v) is 3.27. The number of aryl methyl sites for hydroxylation is 1. The maximum Gasteiger partial charge on any atom is 1.00 e. The number of fused-ring (bicyclic) bond motifs is 1. The molecule has 0 aromatic carbocycles. The number of carbonyl (C=O) groups excluding carboxylic acids is 1. The molecule has 0 aliphatic carbocycles. The predicted octanol–water partition coefficient (Wildman–Crippen LogP) is -2.35. The summed E-state index contributed by atoms with van der Waals surface area (Å²) in [7, 11) is 0. The largest absolute Gasteiger partial charge is 1.00 e. The Morgan fingerprint density at radius 2 is 2.31 bits per heavy atom. The van der Waals surface area contributed by atoms with Gasteiger partial charge in [-0.05, 0) is 18.6 Å². The van der Waals surface area contributed by atoms with Crippen LogP contribution in [0.5, 0.6) is 0 Å². The molecule has 0 bridgehead atoms. The summed E-state index contributed by atoms with van der Waals surface area (Å²) in [6.45, 7) is 5.46. The number of pyridine rings is 1. The minimum Gasteiger partial charge on any atom is -0.545 e. The summed E-state index contributed by atoms with van der Waals surface area (Å²) in [4.78, 5) is 14.9. The zero-order chi connectivity index (χ0) is 11.0. The fraction of sp³-hybridized carbons (Fsp3) is 0.0909. The SMILES string of the molecule is C=Cc1cc(C(=O)[O-])c2ncc(C)n2c1.[Li+]. The monoisotopic (exact) mass is 208 g/mol. The van der Waals surface area contributed by atoms with E-state index in [-0.39, 0.29) is 24.4 Å². The first kappa shape index (κ1) is 12.6. The molecule has 4 nitrogen and oxygen atoms in total. The van der Waals surface area contributed by atoms with Gasteiger partial charge in [-0.3, -0.25) is 0 Å². The molecule has 0 saturated heterocycles. The van der Waals surface area contributed by atoms with Crippen LogP contribution in [-0.2, 0) is 0 Å². The van der Waals surface area contributed by atoms with E-state index in [9.17, 15) is 9.90 Å². The first-order valence-electron chi connectivity index (χ1n) is 4.45. The number of aromatic carboxylic acids is 1. The van der Waals surface area contributed by atoms with Gasteiger partial charge in [-0.15, -0.1) is 0 Å². The van der Waals surface area contributed by atoms with Crippen molar-refractivity contribution in [3.8, 4) is 0 Å². The van der Waals surface area contributed by atoms with Gasteiger partial charge in [-0.2, -0.15) is 0 Å². The van der Waals surface area contributed by atoms with Crippen LogP contribution in [0.2, 0.25) is 0 Å². The molecule has 0 aliphatic rings. The quantitative estimate of drug-likeness (QED) is 0.519. The van der Waals surface area contributed by atoms with Crippen LogP contribution >= 0.6 is 0 Å². The number of hydrogen-bond acceptors (Lipinski definition) is 3. The molecule has 0 spiro atoms. The van der Waals surface area contributed by atoms with Crippen LogP contribution in [0.15, 0.2) is 25.0 Å². The molecule has 2 heterocycles. The van der Waals surface area contributed by atoms with Gasteiger partial charge in [-0.25, -0.2) is 4.98 Å². The molecule has 2 rings (SSSR count). The normalized spacial score (nSPS) is 9.81. The fourth-order valence-corrected chi connectivity index (χ4v) is 1.49. The Morgan fingerprint density at radius 1 is 1.62 bits per heavy atom. The van der Waals surface area contributed by atoms with Gasteiger partial charge in [-0.1, -0.05) is 12.7 Å². The van der Waals surface area contributed by atoms with Crippen molar-refractivity contribution in [3.05, 3.63) is 41.9 Å². The minimum atomic E-state index is -1.23. The molecule has 2 aromatic rings. The molecular formula is C11H9LiN2O2. The Kier molecular flexibility index (Phi) is 3.58. The Labute approximate surface area is 105 Å². The van der Waals surface area contributed by atoms with Crippen molar-refractivity contribution in [1.82, 2.24) is 9.38 Å². The van der Waals surface area contributed by atoms with Crippen LogP contribution < -0.4 is 24.0 Å². The second-order valence-electron chi connectivity index (χ2n) is 3.27. The van der Waals surface area contributed by atoms with E-state index >= 15 is 0 Å². The number of nitrogens with zero attached hydrogens (tertiary/aromatic N) is 2. The summed E-state index contributed by atoms with van der Waals surface area (Å²) < 4.78 is 1.71. The topological polar surface area (TPSA) is 57.4 Å². The van der Waals surface area contributed by atoms with Gasteiger partial charge in [0.05, 0.1) is 5.97 Å². The molecule has 0 saturated carbocycles. The Hall–Kier alpha value is -1.50. The van der Waals surface area contributed by atoms with Gasteiger partial charge >= 0.3 is 18.9 Å². The second kappa shape index (κ2) is 4.56. The van der Waals surface area contributed by atoms with Crippen LogP contribution in [0.25, 0.3) is 11.7 Å². The van der Waals surface area contributed by atoms with Crippen molar-refractivity contribution < 1.29 is 28.8 Å². The first-order valence-corrected chi connectivity index (χ1v) is 4.45. The summed E-state index contributed by atoms with van der Waals surface area (Å²) in [5.41, 5.74) is 2.08. The van der Waals surface area contributed by atoms with E-state index in [1.54, 1.807) is 22.9 Å². The third-order valence-electron chi connectivity index (χ3n) is 2.27. The first-order chi connectivity index (χ1) is 7.13. The smallest absolute Gasteiger partial charge is 0.545 e. The molecule has 16 heavy (non-hydrogen) atoms. The van der Waals surface area contributed by atoms with Crippen molar-refractivity contribution in [2.75, 3.05) is 0 Å². The van der Waals surface area contributed by atoms with E-state index in [4.69, 9.17) is 0 Å². The zero-order valence-corrected chi connectivity index (χ0v) is 9.23. The molecule has 0 aliphatic heterocycles. The number of hydrogen-bond donors (Lipinski definition) is 0. The molecule has 76 valence electrons. The van der Waals surface area contributed by atoms with Gasteiger partial charge in [0.1, 0.15) is 5.65 Å². The number of rotatable bonds is 2. The number of carboxylic acids is 1. The average Bonchev–Trinajstić information content (AvgIpc) is 2.59. The number of imidazole rings is 1. The van der Waals surface area contributed by atoms with Crippen molar-refractivity contribution in [2.24, 2.45) is 0 Å². The van der Waals surface area contributed by atoms with Crippen molar-refractivity contribution in [2.45, 2.75) is 6.92 Å². The molecule has 0 fully saturated rings. The molecule has 5 heteroatoms. The van der Waals surface area contributed by atoms with Gasteiger partial charge < -0.3 is 14.3 Å². The van der Waals surface area contributed by atoms with Crippen LogP contribution in [-0.4, -0.2) is 15.4 Å². The Bertz CT molecular complexity index is 560. The molecule has 0 N–H and O–H groups in total. The van der Waals surface area contributed by atoms with Crippen LogP contribution in [0, 0.1) is 6.92 Å². The van der Waals surface area contributed by atoms with E-state index < -0.39 is 5.97 Å². The van der Waals surface area contributed by atoms with E-state index in [1.165, 1.54) is 6.07 Å². The van der Waals surface area contributed by atoms with Gasteiger partial charge in [0.15, 0.2) is 0 Å². The third kappa shape index (κ3) is 1.90. The van der Waals surface area contributed by atoms with E-state index in [2.05, 4.69) is 11.6 Å². The number of carboxylic acid groups (broad SMARTS) is 1. The van der Waals surface area contributed by atoms with Crippen LogP contribution in [0.3, 0.4) is 0 Å². The number of carbonyl (C=O) groups is 1. The van der Waals surface area contributed by atoms with E-state index in [0.717, 1.165) is 11.3 Å². The maximum absolute atomic E-state index is 10.9. The van der Waals surface area contributed by atoms with Crippen molar-refractivity contribution in [1.29, 1.82) is 0 Å². The third-order valence-corrected chi connectivity index (χ3v) is 2.27. The molecule has 0 amide bonds. The summed E-state index contributed by atoms with van der Waals surface area (Å²) in [5.74, 6) is -1.23.